The largest absolute Gasteiger partial charge is 0.444 e. The third-order valence-electron chi connectivity index (χ3n) is 5.47. The van der Waals surface area contributed by atoms with Crippen LogP contribution < -0.4 is 10.6 Å². The first-order valence-corrected chi connectivity index (χ1v) is 11.1. The summed E-state index contributed by atoms with van der Waals surface area (Å²) in [5.74, 6) is 1.45. The van der Waals surface area contributed by atoms with Crippen LogP contribution in [0.2, 0.25) is 0 Å². The second-order valence-corrected chi connectivity index (χ2v) is 7.78. The quantitative estimate of drug-likeness (QED) is 0.189. The van der Waals surface area contributed by atoms with Crippen LogP contribution in [-0.4, -0.2) is 42.0 Å². The highest BCUT2D eigenvalue weighted by Crippen LogP contribution is 2.19. The molecule has 0 fully saturated rings. The topological polar surface area (TPSA) is 65.7 Å². The first kappa shape index (κ1) is 24.3. The molecule has 0 saturated heterocycles. The third kappa shape index (κ3) is 6.80. The number of benzene rings is 2. The van der Waals surface area contributed by atoms with E-state index < -0.39 is 0 Å². The number of aliphatic imine (C=N–C) groups is 1. The number of oxazole rings is 1. The molecule has 2 heterocycles. The number of hydrogen-bond donors (Lipinski definition) is 2. The maximum Gasteiger partial charge on any atom is 0.226 e. The van der Waals surface area contributed by atoms with Gasteiger partial charge in [0.2, 0.25) is 5.89 Å². The van der Waals surface area contributed by atoms with Crippen molar-refractivity contribution in [2.24, 2.45) is 4.99 Å². The van der Waals surface area contributed by atoms with Crippen LogP contribution in [0.5, 0.6) is 0 Å². The Labute approximate surface area is 207 Å². The predicted octanol–water partition coefficient (Wildman–Crippen LogP) is 4.46. The summed E-state index contributed by atoms with van der Waals surface area (Å²) in [6, 6.07) is 18.7. The summed E-state index contributed by atoms with van der Waals surface area (Å²) in [6.45, 7) is 7.55. The first-order chi connectivity index (χ1) is 15.3. The Bertz CT molecular complexity index is 989. The van der Waals surface area contributed by atoms with E-state index in [1.54, 1.807) is 6.26 Å². The number of nitrogens with one attached hydrogen (secondary N) is 2. The van der Waals surface area contributed by atoms with Crippen molar-refractivity contribution in [3.63, 3.8) is 0 Å². The summed E-state index contributed by atoms with van der Waals surface area (Å²) in [5, 5.41) is 6.75. The van der Waals surface area contributed by atoms with Gasteiger partial charge in [0.1, 0.15) is 12.0 Å². The van der Waals surface area contributed by atoms with Gasteiger partial charge in [0.15, 0.2) is 5.96 Å². The molecule has 6 nitrogen and oxygen atoms in total. The standard InChI is InChI=1S/C25H31N5O.HI/c1-2-26-25(28-17-23-19-31-24(29-23)21-10-4-3-5-11-21)27-14-8-15-30-16-13-20-9-6-7-12-22(20)18-30;/h3-7,9-12,19H,2,8,13-18H2,1H3,(H2,26,27,28);1H. The molecule has 7 heteroatoms. The van der Waals surface area contributed by atoms with Crippen molar-refractivity contribution >= 4 is 29.9 Å². The van der Waals surface area contributed by atoms with E-state index in [0.717, 1.165) is 62.8 Å². The third-order valence-corrected chi connectivity index (χ3v) is 5.47. The number of rotatable bonds is 8. The van der Waals surface area contributed by atoms with Crippen LogP contribution in [0.4, 0.5) is 0 Å². The fraction of sp³-hybridized carbons (Fsp3) is 0.360. The summed E-state index contributed by atoms with van der Waals surface area (Å²) in [6.07, 6.45) is 3.91. The van der Waals surface area contributed by atoms with Crippen LogP contribution >= 0.6 is 24.0 Å². The van der Waals surface area contributed by atoms with Crippen molar-refractivity contribution in [1.82, 2.24) is 20.5 Å². The van der Waals surface area contributed by atoms with Crippen LogP contribution in [0.1, 0.15) is 30.2 Å². The lowest BCUT2D eigenvalue weighted by atomic mass is 10.00. The van der Waals surface area contributed by atoms with Gasteiger partial charge >= 0.3 is 0 Å². The van der Waals surface area contributed by atoms with Crippen LogP contribution in [0, 0.1) is 0 Å². The maximum atomic E-state index is 5.61. The predicted molar refractivity (Wildman–Crippen MR) is 140 cm³/mol. The number of hydrogen-bond acceptors (Lipinski definition) is 4. The highest BCUT2D eigenvalue weighted by Gasteiger charge is 2.14. The molecule has 3 aromatic rings. The van der Waals surface area contributed by atoms with Gasteiger partial charge < -0.3 is 15.1 Å². The van der Waals surface area contributed by atoms with Crippen LogP contribution in [0.15, 0.2) is 70.3 Å². The molecule has 1 aliphatic rings. The molecule has 32 heavy (non-hydrogen) atoms. The number of aromatic nitrogens is 1. The van der Waals surface area contributed by atoms with Crippen molar-refractivity contribution in [3.8, 4) is 11.5 Å². The Morgan fingerprint density at radius 1 is 1.06 bits per heavy atom. The number of fused-ring (bicyclic) bond motifs is 1. The highest BCUT2D eigenvalue weighted by atomic mass is 127. The summed E-state index contributed by atoms with van der Waals surface area (Å²) in [5.41, 5.74) is 4.77. The van der Waals surface area contributed by atoms with Gasteiger partial charge in [-0.2, -0.15) is 0 Å². The fourth-order valence-corrected chi connectivity index (χ4v) is 3.85. The minimum atomic E-state index is 0. The van der Waals surface area contributed by atoms with Gasteiger partial charge in [0, 0.05) is 38.3 Å². The van der Waals surface area contributed by atoms with Crippen LogP contribution in [0.25, 0.3) is 11.5 Å². The minimum absolute atomic E-state index is 0. The minimum Gasteiger partial charge on any atom is -0.444 e. The summed E-state index contributed by atoms with van der Waals surface area (Å²) >= 11 is 0. The van der Waals surface area contributed by atoms with Gasteiger partial charge in [-0.05, 0) is 43.0 Å². The van der Waals surface area contributed by atoms with Gasteiger partial charge in [-0.15, -0.1) is 24.0 Å². The molecule has 0 saturated carbocycles. The van der Waals surface area contributed by atoms with Crippen LogP contribution in [-0.2, 0) is 19.5 Å². The molecule has 0 atom stereocenters. The van der Waals surface area contributed by atoms with E-state index in [4.69, 9.17) is 4.42 Å². The lowest BCUT2D eigenvalue weighted by Gasteiger charge is -2.28. The second-order valence-electron chi connectivity index (χ2n) is 7.78. The molecule has 170 valence electrons. The van der Waals surface area contributed by atoms with Gasteiger partial charge in [0.05, 0.1) is 6.54 Å². The average Bonchev–Trinajstić information content (AvgIpc) is 3.30. The molecule has 1 aliphatic heterocycles. The summed E-state index contributed by atoms with van der Waals surface area (Å²) < 4.78 is 5.61. The second kappa shape index (κ2) is 12.6. The van der Waals surface area contributed by atoms with E-state index in [2.05, 4.69) is 56.7 Å². The van der Waals surface area contributed by atoms with Crippen molar-refractivity contribution in [2.75, 3.05) is 26.2 Å². The molecular formula is C25H32IN5O. The lowest BCUT2D eigenvalue weighted by Crippen LogP contribution is -2.39. The number of nitrogens with zero attached hydrogens (tertiary/aromatic N) is 3. The maximum absolute atomic E-state index is 5.61. The smallest absolute Gasteiger partial charge is 0.226 e. The van der Waals surface area contributed by atoms with E-state index in [1.807, 2.05) is 30.3 Å². The lowest BCUT2D eigenvalue weighted by molar-refractivity contribution is 0.251. The molecule has 2 N–H and O–H groups in total. The Morgan fingerprint density at radius 2 is 1.84 bits per heavy atom. The van der Waals surface area contributed by atoms with Crippen molar-refractivity contribution < 1.29 is 4.42 Å². The summed E-state index contributed by atoms with van der Waals surface area (Å²) in [7, 11) is 0. The van der Waals surface area contributed by atoms with Gasteiger partial charge in [-0.3, -0.25) is 4.90 Å². The highest BCUT2D eigenvalue weighted by molar-refractivity contribution is 14.0. The molecule has 0 amide bonds. The normalized spacial score (nSPS) is 13.8. The number of halogens is 1. The molecule has 0 bridgehead atoms. The zero-order valence-electron chi connectivity index (χ0n) is 18.6. The van der Waals surface area contributed by atoms with Crippen LogP contribution in [0.3, 0.4) is 0 Å². The van der Waals surface area contributed by atoms with Crippen molar-refractivity contribution in [3.05, 3.63) is 77.7 Å². The van der Waals surface area contributed by atoms with Gasteiger partial charge in [-0.1, -0.05) is 42.5 Å². The van der Waals surface area contributed by atoms with E-state index in [-0.39, 0.29) is 24.0 Å². The summed E-state index contributed by atoms with van der Waals surface area (Å²) in [4.78, 5) is 11.8. The molecule has 1 aromatic heterocycles. The van der Waals surface area contributed by atoms with E-state index in [9.17, 15) is 0 Å². The monoisotopic (exact) mass is 545 g/mol. The molecule has 0 spiro atoms. The SMILES string of the molecule is CCNC(=NCc1coc(-c2ccccc2)n1)NCCCN1CCc2ccccc2C1.I. The zero-order chi connectivity index (χ0) is 21.3. The first-order valence-electron chi connectivity index (χ1n) is 11.1. The Hall–Kier alpha value is -2.39. The Kier molecular flexibility index (Phi) is 9.55. The molecule has 0 unspecified atom stereocenters. The molecule has 0 aliphatic carbocycles. The van der Waals surface area contributed by atoms with Crippen molar-refractivity contribution in [2.45, 2.75) is 32.9 Å². The Balaban J connectivity index is 0.00000289. The molecule has 4 rings (SSSR count). The molecule has 2 aromatic carbocycles. The van der Waals surface area contributed by atoms with E-state index >= 15 is 0 Å². The fourth-order valence-electron chi connectivity index (χ4n) is 3.85. The molecule has 0 radical (unpaired) electrons. The van der Waals surface area contributed by atoms with Gasteiger partial charge in [0.25, 0.3) is 0 Å². The molecular weight excluding hydrogens is 513 g/mol. The average molecular weight is 545 g/mol. The Morgan fingerprint density at radius 3 is 2.66 bits per heavy atom. The van der Waals surface area contributed by atoms with Gasteiger partial charge in [-0.25, -0.2) is 9.98 Å². The zero-order valence-corrected chi connectivity index (χ0v) is 20.9. The van der Waals surface area contributed by atoms with E-state index in [0.29, 0.717) is 12.4 Å². The number of guanidine groups is 1. The van der Waals surface area contributed by atoms with Crippen molar-refractivity contribution in [1.29, 1.82) is 0 Å². The van der Waals surface area contributed by atoms with E-state index in [1.165, 1.54) is 11.1 Å².